The number of hydrogen-bond acceptors (Lipinski definition) is 7. The summed E-state index contributed by atoms with van der Waals surface area (Å²) in [7, 11) is 0. The van der Waals surface area contributed by atoms with E-state index in [1.165, 1.54) is 6.33 Å². The topological polar surface area (TPSA) is 114 Å². The van der Waals surface area contributed by atoms with E-state index in [-0.39, 0.29) is 11.4 Å². The van der Waals surface area contributed by atoms with E-state index in [1.54, 1.807) is 0 Å². The van der Waals surface area contributed by atoms with Crippen LogP contribution in [0.3, 0.4) is 0 Å². The Balaban J connectivity index is 2.20. The quantitative estimate of drug-likeness (QED) is 0.785. The zero-order chi connectivity index (χ0) is 15.2. The molecule has 0 spiro atoms. The van der Waals surface area contributed by atoms with E-state index < -0.39 is 5.97 Å². The number of hydrogen-bond donors (Lipinski definition) is 2. The maximum Gasteiger partial charge on any atom is 0.339 e. The van der Waals surface area contributed by atoms with Crippen LogP contribution in [0.1, 0.15) is 41.4 Å². The first-order valence-electron chi connectivity index (χ1n) is 6.78. The Kier molecular flexibility index (Phi) is 4.81. The summed E-state index contributed by atoms with van der Waals surface area (Å²) in [6.45, 7) is 4.27. The van der Waals surface area contributed by atoms with E-state index in [9.17, 15) is 9.90 Å². The SMILES string of the molecule is CCc1nnc(NCCc2ncno2)c(C(=O)O)c1CC. The van der Waals surface area contributed by atoms with Crippen LogP contribution in [0, 0.1) is 0 Å². The van der Waals surface area contributed by atoms with Gasteiger partial charge < -0.3 is 14.9 Å². The van der Waals surface area contributed by atoms with Crippen LogP contribution in [0.4, 0.5) is 5.82 Å². The summed E-state index contributed by atoms with van der Waals surface area (Å²) in [5.41, 5.74) is 1.63. The van der Waals surface area contributed by atoms with Crippen LogP contribution in [0.2, 0.25) is 0 Å². The number of aromatic nitrogens is 4. The second-order valence-corrected chi connectivity index (χ2v) is 4.37. The molecule has 0 aliphatic rings. The van der Waals surface area contributed by atoms with E-state index in [1.807, 2.05) is 13.8 Å². The van der Waals surface area contributed by atoms with Crippen molar-refractivity contribution in [2.24, 2.45) is 0 Å². The van der Waals surface area contributed by atoms with Crippen molar-refractivity contribution in [2.45, 2.75) is 33.1 Å². The molecule has 0 aromatic carbocycles. The van der Waals surface area contributed by atoms with Crippen molar-refractivity contribution in [3.63, 3.8) is 0 Å². The van der Waals surface area contributed by atoms with Crippen molar-refractivity contribution in [1.82, 2.24) is 20.3 Å². The van der Waals surface area contributed by atoms with Gasteiger partial charge in [-0.3, -0.25) is 0 Å². The molecule has 21 heavy (non-hydrogen) atoms. The highest BCUT2D eigenvalue weighted by Gasteiger charge is 2.20. The van der Waals surface area contributed by atoms with Crippen LogP contribution in [0.5, 0.6) is 0 Å². The molecule has 0 fully saturated rings. The minimum Gasteiger partial charge on any atom is -0.478 e. The maximum absolute atomic E-state index is 11.5. The van der Waals surface area contributed by atoms with Crippen LogP contribution >= 0.6 is 0 Å². The Bertz CT molecular complexity index is 613. The highest BCUT2D eigenvalue weighted by atomic mass is 16.5. The number of nitrogens with one attached hydrogen (secondary N) is 1. The molecule has 2 N–H and O–H groups in total. The highest BCUT2D eigenvalue weighted by Crippen LogP contribution is 2.20. The first-order valence-corrected chi connectivity index (χ1v) is 6.78. The van der Waals surface area contributed by atoms with Crippen molar-refractivity contribution in [2.75, 3.05) is 11.9 Å². The fraction of sp³-hybridized carbons (Fsp3) is 0.462. The summed E-state index contributed by atoms with van der Waals surface area (Å²) in [5.74, 6) is -0.249. The standard InChI is InChI=1S/C13H17N5O3/c1-3-8-9(4-2)17-18-12(11(8)13(19)20)14-6-5-10-15-7-16-21-10/h7H,3-6H2,1-2H3,(H,14,18)(H,19,20). The number of carboxylic acid groups (broad SMARTS) is 1. The zero-order valence-corrected chi connectivity index (χ0v) is 12.0. The molecule has 0 aliphatic heterocycles. The number of nitrogens with zero attached hydrogens (tertiary/aromatic N) is 4. The average Bonchev–Trinajstić information content (AvgIpc) is 2.99. The lowest BCUT2D eigenvalue weighted by molar-refractivity contribution is 0.0696. The van der Waals surface area contributed by atoms with Crippen molar-refractivity contribution >= 4 is 11.8 Å². The number of carbonyl (C=O) groups is 1. The second kappa shape index (κ2) is 6.78. The van der Waals surface area contributed by atoms with Crippen molar-refractivity contribution < 1.29 is 14.4 Å². The number of aromatic carboxylic acids is 1. The molecular formula is C13H17N5O3. The zero-order valence-electron chi connectivity index (χ0n) is 12.0. The molecule has 0 unspecified atom stereocenters. The van der Waals surface area contributed by atoms with Gasteiger partial charge in [-0.2, -0.15) is 10.1 Å². The Labute approximate surface area is 121 Å². The van der Waals surface area contributed by atoms with Crippen LogP contribution in [0.15, 0.2) is 10.9 Å². The number of anilines is 1. The molecule has 0 amide bonds. The van der Waals surface area contributed by atoms with Crippen molar-refractivity contribution in [3.05, 3.63) is 29.0 Å². The lowest BCUT2D eigenvalue weighted by Crippen LogP contribution is -2.16. The van der Waals surface area contributed by atoms with Crippen molar-refractivity contribution in [1.29, 1.82) is 0 Å². The van der Waals surface area contributed by atoms with Gasteiger partial charge in [0, 0.05) is 13.0 Å². The molecule has 2 aromatic rings. The van der Waals surface area contributed by atoms with E-state index in [0.29, 0.717) is 31.7 Å². The van der Waals surface area contributed by atoms with Gasteiger partial charge in [-0.05, 0) is 18.4 Å². The number of rotatable bonds is 7. The molecule has 2 rings (SSSR count). The van der Waals surface area contributed by atoms with E-state index >= 15 is 0 Å². The number of carboxylic acids is 1. The first-order chi connectivity index (χ1) is 10.2. The monoisotopic (exact) mass is 291 g/mol. The lowest BCUT2D eigenvalue weighted by Gasteiger charge is -2.13. The fourth-order valence-electron chi connectivity index (χ4n) is 2.12. The molecule has 112 valence electrons. The summed E-state index contributed by atoms with van der Waals surface area (Å²) in [4.78, 5) is 15.4. The summed E-state index contributed by atoms with van der Waals surface area (Å²) in [6, 6.07) is 0. The smallest absolute Gasteiger partial charge is 0.339 e. The largest absolute Gasteiger partial charge is 0.478 e. The van der Waals surface area contributed by atoms with Crippen LogP contribution < -0.4 is 5.32 Å². The third-order valence-corrected chi connectivity index (χ3v) is 3.10. The average molecular weight is 291 g/mol. The van der Waals surface area contributed by atoms with Gasteiger partial charge >= 0.3 is 5.97 Å². The molecule has 0 aliphatic carbocycles. The molecule has 2 aromatic heterocycles. The van der Waals surface area contributed by atoms with Gasteiger partial charge in [0.1, 0.15) is 5.56 Å². The molecule has 0 atom stereocenters. The summed E-state index contributed by atoms with van der Waals surface area (Å²) in [5, 5.41) is 24.0. The Morgan fingerprint density at radius 2 is 2.14 bits per heavy atom. The van der Waals surface area contributed by atoms with Crippen molar-refractivity contribution in [3.8, 4) is 0 Å². The third-order valence-electron chi connectivity index (χ3n) is 3.10. The van der Waals surface area contributed by atoms with Crippen LogP contribution in [-0.2, 0) is 19.3 Å². The molecule has 0 bridgehead atoms. The van der Waals surface area contributed by atoms with Crippen LogP contribution in [-0.4, -0.2) is 38.0 Å². The predicted molar refractivity (Wildman–Crippen MR) is 74.2 cm³/mol. The number of aryl methyl sites for hydroxylation is 1. The van der Waals surface area contributed by atoms with Gasteiger partial charge in [0.05, 0.1) is 5.69 Å². The minimum atomic E-state index is -1.00. The molecular weight excluding hydrogens is 274 g/mol. The van der Waals surface area contributed by atoms with E-state index in [4.69, 9.17) is 4.52 Å². The van der Waals surface area contributed by atoms with Gasteiger partial charge in [-0.25, -0.2) is 4.79 Å². The summed E-state index contributed by atoms with van der Waals surface area (Å²) in [6.07, 6.45) is 3.05. The Morgan fingerprint density at radius 1 is 1.33 bits per heavy atom. The van der Waals surface area contributed by atoms with Gasteiger partial charge in [0.15, 0.2) is 12.1 Å². The molecule has 0 radical (unpaired) electrons. The fourth-order valence-corrected chi connectivity index (χ4v) is 2.12. The third kappa shape index (κ3) is 3.33. The molecule has 8 heteroatoms. The molecule has 8 nitrogen and oxygen atoms in total. The van der Waals surface area contributed by atoms with E-state index in [0.717, 1.165) is 11.3 Å². The van der Waals surface area contributed by atoms with E-state index in [2.05, 4.69) is 25.7 Å². The Hall–Kier alpha value is -2.51. The van der Waals surface area contributed by atoms with Crippen LogP contribution in [0.25, 0.3) is 0 Å². The molecule has 0 saturated heterocycles. The maximum atomic E-state index is 11.5. The van der Waals surface area contributed by atoms with Gasteiger partial charge in [0.25, 0.3) is 0 Å². The summed E-state index contributed by atoms with van der Waals surface area (Å²) < 4.78 is 4.88. The second-order valence-electron chi connectivity index (χ2n) is 4.37. The lowest BCUT2D eigenvalue weighted by atomic mass is 10.0. The first kappa shape index (κ1) is 14.9. The molecule has 2 heterocycles. The van der Waals surface area contributed by atoms with Gasteiger partial charge in [-0.1, -0.05) is 19.0 Å². The summed E-state index contributed by atoms with van der Waals surface area (Å²) >= 11 is 0. The Morgan fingerprint density at radius 3 is 2.71 bits per heavy atom. The van der Waals surface area contributed by atoms with Gasteiger partial charge in [-0.15, -0.1) is 5.10 Å². The minimum absolute atomic E-state index is 0.190. The highest BCUT2D eigenvalue weighted by molar-refractivity contribution is 5.95. The normalized spacial score (nSPS) is 10.6. The predicted octanol–water partition coefficient (Wildman–Crippen LogP) is 1.34. The molecule has 0 saturated carbocycles. The van der Waals surface area contributed by atoms with Gasteiger partial charge in [0.2, 0.25) is 5.89 Å².